The van der Waals surface area contributed by atoms with Crippen molar-refractivity contribution in [3.8, 4) is 11.5 Å². The third-order valence-electron chi connectivity index (χ3n) is 5.34. The molecule has 1 atom stereocenters. The van der Waals surface area contributed by atoms with E-state index in [1.807, 2.05) is 55.5 Å². The summed E-state index contributed by atoms with van der Waals surface area (Å²) in [5, 5.41) is 3.47. The third kappa shape index (κ3) is 5.19. The molecule has 0 unspecified atom stereocenters. The van der Waals surface area contributed by atoms with Crippen LogP contribution in [0.3, 0.4) is 0 Å². The minimum Gasteiger partial charge on any atom is -0.490 e. The van der Waals surface area contributed by atoms with Crippen LogP contribution in [0.2, 0.25) is 0 Å². The molecule has 7 nitrogen and oxygen atoms in total. The van der Waals surface area contributed by atoms with Gasteiger partial charge in [-0.25, -0.2) is 4.98 Å². The van der Waals surface area contributed by atoms with Crippen LogP contribution in [-0.2, 0) is 9.59 Å². The highest BCUT2D eigenvalue weighted by molar-refractivity contribution is 7.22. The number of amides is 2. The SMILES string of the molecule is CCOc1ccccc1OCCCC(=O)N1CCC[C@H]1C(=O)Nc1nc2ccccc2s1. The van der Waals surface area contributed by atoms with Gasteiger partial charge >= 0.3 is 0 Å². The minimum atomic E-state index is -0.450. The van der Waals surface area contributed by atoms with E-state index in [1.54, 1.807) is 4.90 Å². The Hall–Kier alpha value is -3.13. The Morgan fingerprint density at radius 2 is 1.88 bits per heavy atom. The van der Waals surface area contributed by atoms with Gasteiger partial charge in [0.1, 0.15) is 6.04 Å². The Bertz CT molecular complexity index is 1050. The van der Waals surface area contributed by atoms with Crippen molar-refractivity contribution in [2.24, 2.45) is 0 Å². The standard InChI is InChI=1S/C24H27N3O4S/c1-2-30-19-11-4-5-12-20(19)31-16-8-14-22(28)27-15-7-10-18(27)23(29)26-24-25-17-9-3-6-13-21(17)32-24/h3-6,9,11-13,18H,2,7-8,10,14-16H2,1H3,(H,25,26,29)/t18-/m0/s1. The predicted molar refractivity (Wildman–Crippen MR) is 125 cm³/mol. The number of aromatic nitrogens is 1. The summed E-state index contributed by atoms with van der Waals surface area (Å²) in [6.07, 6.45) is 2.40. The lowest BCUT2D eigenvalue weighted by Gasteiger charge is -2.23. The van der Waals surface area contributed by atoms with Crippen molar-refractivity contribution in [2.45, 2.75) is 38.6 Å². The molecule has 168 valence electrons. The second-order valence-electron chi connectivity index (χ2n) is 7.55. The summed E-state index contributed by atoms with van der Waals surface area (Å²) in [6, 6.07) is 14.8. The van der Waals surface area contributed by atoms with Crippen molar-refractivity contribution in [3.05, 3.63) is 48.5 Å². The molecule has 0 spiro atoms. The number of rotatable bonds is 9. The van der Waals surface area contributed by atoms with Gasteiger partial charge in [0, 0.05) is 13.0 Å². The number of ether oxygens (including phenoxy) is 2. The number of nitrogens with one attached hydrogen (secondary N) is 1. The number of fused-ring (bicyclic) bond motifs is 1. The van der Waals surface area contributed by atoms with Crippen LogP contribution in [0.15, 0.2) is 48.5 Å². The van der Waals surface area contributed by atoms with Crippen LogP contribution in [0.4, 0.5) is 5.13 Å². The van der Waals surface area contributed by atoms with E-state index in [2.05, 4.69) is 10.3 Å². The second-order valence-corrected chi connectivity index (χ2v) is 8.58. The first-order chi connectivity index (χ1) is 15.7. The Balaban J connectivity index is 1.28. The molecule has 0 aliphatic carbocycles. The van der Waals surface area contributed by atoms with Gasteiger partial charge in [-0.3, -0.25) is 9.59 Å². The van der Waals surface area contributed by atoms with Crippen molar-refractivity contribution in [2.75, 3.05) is 25.1 Å². The molecule has 4 rings (SSSR count). The third-order valence-corrected chi connectivity index (χ3v) is 6.29. The molecule has 2 aromatic carbocycles. The first-order valence-corrected chi connectivity index (χ1v) is 11.8. The summed E-state index contributed by atoms with van der Waals surface area (Å²) in [7, 11) is 0. The van der Waals surface area contributed by atoms with Crippen molar-refractivity contribution in [1.29, 1.82) is 0 Å². The molecule has 1 aliphatic rings. The van der Waals surface area contributed by atoms with E-state index in [1.165, 1.54) is 11.3 Å². The van der Waals surface area contributed by atoms with Gasteiger partial charge in [-0.2, -0.15) is 0 Å². The number of hydrogen-bond acceptors (Lipinski definition) is 6. The van der Waals surface area contributed by atoms with Gasteiger partial charge in [0.05, 0.1) is 23.4 Å². The van der Waals surface area contributed by atoms with Gasteiger partial charge in [-0.15, -0.1) is 0 Å². The molecule has 1 fully saturated rings. The van der Waals surface area contributed by atoms with E-state index in [4.69, 9.17) is 9.47 Å². The molecule has 8 heteroatoms. The highest BCUT2D eigenvalue weighted by Gasteiger charge is 2.34. The van der Waals surface area contributed by atoms with Gasteiger partial charge in [0.2, 0.25) is 11.8 Å². The summed E-state index contributed by atoms with van der Waals surface area (Å²) < 4.78 is 12.4. The number of hydrogen-bond donors (Lipinski definition) is 1. The van der Waals surface area contributed by atoms with Gasteiger partial charge in [0.25, 0.3) is 0 Å². The lowest BCUT2D eigenvalue weighted by molar-refractivity contribution is -0.136. The van der Waals surface area contributed by atoms with Crippen LogP contribution < -0.4 is 14.8 Å². The molecule has 3 aromatic rings. The number of carbonyl (C=O) groups is 2. The van der Waals surface area contributed by atoms with E-state index in [0.717, 1.165) is 16.6 Å². The molecule has 1 aliphatic heterocycles. The largest absolute Gasteiger partial charge is 0.490 e. The lowest BCUT2D eigenvalue weighted by Crippen LogP contribution is -2.43. The van der Waals surface area contributed by atoms with Crippen LogP contribution in [-0.4, -0.2) is 47.5 Å². The highest BCUT2D eigenvalue weighted by atomic mass is 32.1. The fourth-order valence-corrected chi connectivity index (χ4v) is 4.71. The summed E-state index contributed by atoms with van der Waals surface area (Å²) in [5.74, 6) is 1.19. The van der Waals surface area contributed by atoms with Gasteiger partial charge in [0.15, 0.2) is 16.6 Å². The van der Waals surface area contributed by atoms with Crippen molar-refractivity contribution < 1.29 is 19.1 Å². The number of nitrogens with zero attached hydrogens (tertiary/aromatic N) is 2. The average molecular weight is 454 g/mol. The average Bonchev–Trinajstić information content (AvgIpc) is 3.44. The van der Waals surface area contributed by atoms with E-state index < -0.39 is 6.04 Å². The zero-order valence-electron chi connectivity index (χ0n) is 18.1. The normalized spacial score (nSPS) is 15.7. The molecule has 1 aromatic heterocycles. The first kappa shape index (κ1) is 22.1. The zero-order chi connectivity index (χ0) is 22.3. The predicted octanol–water partition coefficient (Wildman–Crippen LogP) is 4.48. The Kier molecular flexibility index (Phi) is 7.21. The first-order valence-electron chi connectivity index (χ1n) is 11.0. The van der Waals surface area contributed by atoms with Crippen LogP contribution in [0.1, 0.15) is 32.6 Å². The maximum absolute atomic E-state index is 12.8. The van der Waals surface area contributed by atoms with Crippen molar-refractivity contribution >= 4 is 38.5 Å². The smallest absolute Gasteiger partial charge is 0.248 e. The Morgan fingerprint density at radius 3 is 2.66 bits per heavy atom. The molecule has 2 amide bonds. The maximum atomic E-state index is 12.8. The van der Waals surface area contributed by atoms with Crippen LogP contribution in [0, 0.1) is 0 Å². The van der Waals surface area contributed by atoms with Crippen molar-refractivity contribution in [1.82, 2.24) is 9.88 Å². The Labute approximate surface area is 191 Å². The zero-order valence-corrected chi connectivity index (χ0v) is 18.9. The Morgan fingerprint density at radius 1 is 1.12 bits per heavy atom. The lowest BCUT2D eigenvalue weighted by atomic mass is 10.2. The number of carbonyl (C=O) groups excluding carboxylic acids is 2. The number of para-hydroxylation sites is 3. The number of thiazole rings is 1. The van der Waals surface area contributed by atoms with E-state index in [9.17, 15) is 9.59 Å². The van der Waals surface area contributed by atoms with E-state index >= 15 is 0 Å². The maximum Gasteiger partial charge on any atom is 0.248 e. The fraction of sp³-hybridized carbons (Fsp3) is 0.375. The number of anilines is 1. The van der Waals surface area contributed by atoms with Gasteiger partial charge < -0.3 is 19.7 Å². The van der Waals surface area contributed by atoms with Crippen LogP contribution in [0.25, 0.3) is 10.2 Å². The molecule has 32 heavy (non-hydrogen) atoms. The molecular formula is C24H27N3O4S. The molecule has 2 heterocycles. The summed E-state index contributed by atoms with van der Waals surface area (Å²) in [6.45, 7) is 3.50. The molecule has 0 radical (unpaired) electrons. The van der Waals surface area contributed by atoms with E-state index in [0.29, 0.717) is 55.7 Å². The van der Waals surface area contributed by atoms with Crippen molar-refractivity contribution in [3.63, 3.8) is 0 Å². The minimum absolute atomic E-state index is 0.0198. The summed E-state index contributed by atoms with van der Waals surface area (Å²) in [4.78, 5) is 31.8. The molecule has 1 saturated heterocycles. The highest BCUT2D eigenvalue weighted by Crippen LogP contribution is 2.28. The topological polar surface area (TPSA) is 80.8 Å². The molecule has 0 saturated carbocycles. The summed E-state index contributed by atoms with van der Waals surface area (Å²) >= 11 is 1.44. The number of benzene rings is 2. The quantitative estimate of drug-likeness (QED) is 0.483. The summed E-state index contributed by atoms with van der Waals surface area (Å²) in [5.41, 5.74) is 0.859. The van der Waals surface area contributed by atoms with Crippen LogP contribution >= 0.6 is 11.3 Å². The fourth-order valence-electron chi connectivity index (χ4n) is 3.85. The monoisotopic (exact) mass is 453 g/mol. The van der Waals surface area contributed by atoms with Gasteiger partial charge in [-0.05, 0) is 50.5 Å². The second kappa shape index (κ2) is 10.5. The molecular weight excluding hydrogens is 426 g/mol. The van der Waals surface area contributed by atoms with E-state index in [-0.39, 0.29) is 11.8 Å². The number of likely N-dealkylation sites (tertiary alicyclic amines) is 1. The van der Waals surface area contributed by atoms with Crippen LogP contribution in [0.5, 0.6) is 11.5 Å². The van der Waals surface area contributed by atoms with Gasteiger partial charge in [-0.1, -0.05) is 35.6 Å². The molecule has 1 N–H and O–H groups in total. The molecule has 0 bridgehead atoms.